The molecule has 0 bridgehead atoms. The fraction of sp³-hybridized carbons (Fsp3) is 0.270. The van der Waals surface area contributed by atoms with E-state index in [1.54, 1.807) is 0 Å². The van der Waals surface area contributed by atoms with Crippen LogP contribution in [0.3, 0.4) is 0 Å². The number of hydrogen-bond acceptors (Lipinski definition) is 4. The zero-order valence-electron chi connectivity index (χ0n) is 24.5. The lowest BCUT2D eigenvalue weighted by molar-refractivity contribution is -0.139. The van der Waals surface area contributed by atoms with Crippen molar-refractivity contribution in [1.29, 1.82) is 0 Å². The predicted molar refractivity (Wildman–Crippen MR) is 178 cm³/mol. The second-order valence-corrected chi connectivity index (χ2v) is 12.5. The molecule has 1 heterocycles. The minimum absolute atomic E-state index is 0.0564. The van der Waals surface area contributed by atoms with Crippen molar-refractivity contribution in [3.8, 4) is 0 Å². The van der Waals surface area contributed by atoms with Crippen LogP contribution >= 0.6 is 15.9 Å². The largest absolute Gasteiger partial charge is 0.480 e. The van der Waals surface area contributed by atoms with Gasteiger partial charge in [-0.2, -0.15) is 0 Å². The van der Waals surface area contributed by atoms with Gasteiger partial charge in [-0.15, -0.1) is 0 Å². The van der Waals surface area contributed by atoms with E-state index in [-0.39, 0.29) is 17.9 Å². The van der Waals surface area contributed by atoms with Crippen LogP contribution in [0.1, 0.15) is 59.4 Å². The maximum Gasteiger partial charge on any atom is 0.329 e. The van der Waals surface area contributed by atoms with E-state index in [0.29, 0.717) is 17.0 Å². The standard InChI is InChI=1S/C37H36BrN3O3/c38-28-21-20-26-15-9-17-29(31(26)23-28)35(37(43)44)40-34(27-13-5-2-6-14-27)30-16-7-8-18-32(30)39-36(42)33-19-10-22-41(33)24-25-11-3-1-4-12-25/h1-8,11-14,16,18,20-21,23,29,33,35H,9-10,15,17,19,22,24H2,(H,39,42)(H,43,44)/t29-,33+,35+/m1/s1. The van der Waals surface area contributed by atoms with E-state index in [9.17, 15) is 14.7 Å². The first-order valence-electron chi connectivity index (χ1n) is 15.3. The molecule has 2 N–H and O–H groups in total. The maximum absolute atomic E-state index is 13.8. The molecule has 2 aliphatic rings. The quantitative estimate of drug-likeness (QED) is 0.184. The molecule has 0 unspecified atom stereocenters. The fourth-order valence-corrected chi connectivity index (χ4v) is 7.01. The van der Waals surface area contributed by atoms with E-state index in [0.717, 1.165) is 60.8 Å². The zero-order chi connectivity index (χ0) is 30.5. The van der Waals surface area contributed by atoms with Crippen molar-refractivity contribution in [2.45, 2.75) is 56.7 Å². The summed E-state index contributed by atoms with van der Waals surface area (Å²) in [5.74, 6) is -1.28. The van der Waals surface area contributed by atoms with Gasteiger partial charge in [0, 0.05) is 28.1 Å². The van der Waals surface area contributed by atoms with Crippen LogP contribution < -0.4 is 5.32 Å². The summed E-state index contributed by atoms with van der Waals surface area (Å²) < 4.78 is 0.931. The topological polar surface area (TPSA) is 82.0 Å². The number of nitrogens with one attached hydrogen (secondary N) is 1. The van der Waals surface area contributed by atoms with Gasteiger partial charge in [0.2, 0.25) is 5.91 Å². The third kappa shape index (κ3) is 6.69. The van der Waals surface area contributed by atoms with Crippen LogP contribution in [0.25, 0.3) is 0 Å². The summed E-state index contributed by atoms with van der Waals surface area (Å²) in [6.45, 7) is 1.58. The number of likely N-dealkylation sites (tertiary alicyclic amines) is 1. The molecule has 7 heteroatoms. The van der Waals surface area contributed by atoms with Crippen LogP contribution in [0.4, 0.5) is 5.69 Å². The Morgan fingerprint density at radius 2 is 1.64 bits per heavy atom. The van der Waals surface area contributed by atoms with Crippen molar-refractivity contribution >= 4 is 39.2 Å². The van der Waals surface area contributed by atoms with Gasteiger partial charge in [0.15, 0.2) is 6.04 Å². The van der Waals surface area contributed by atoms with E-state index < -0.39 is 12.0 Å². The molecule has 0 aromatic heterocycles. The molecule has 0 spiro atoms. The minimum atomic E-state index is -0.987. The number of carbonyl (C=O) groups excluding carboxylic acids is 1. The third-order valence-electron chi connectivity index (χ3n) is 8.75. The Balaban J connectivity index is 1.35. The first kappa shape index (κ1) is 30.0. The third-order valence-corrected chi connectivity index (χ3v) is 9.25. The second kappa shape index (κ2) is 13.7. The summed E-state index contributed by atoms with van der Waals surface area (Å²) >= 11 is 3.58. The summed E-state index contributed by atoms with van der Waals surface area (Å²) in [6, 6.07) is 32.4. The van der Waals surface area contributed by atoms with Crippen molar-refractivity contribution in [2.24, 2.45) is 4.99 Å². The van der Waals surface area contributed by atoms with Gasteiger partial charge in [-0.1, -0.05) is 101 Å². The molecule has 4 aromatic carbocycles. The Kier molecular flexibility index (Phi) is 9.34. The number of para-hydroxylation sites is 1. The number of aryl methyl sites for hydroxylation is 1. The Morgan fingerprint density at radius 3 is 2.41 bits per heavy atom. The van der Waals surface area contributed by atoms with E-state index in [4.69, 9.17) is 4.99 Å². The summed E-state index contributed by atoms with van der Waals surface area (Å²) in [7, 11) is 0. The van der Waals surface area contributed by atoms with Gasteiger partial charge < -0.3 is 10.4 Å². The molecule has 6 rings (SSSR count). The van der Waals surface area contributed by atoms with Gasteiger partial charge in [-0.05, 0) is 73.5 Å². The highest BCUT2D eigenvalue weighted by atomic mass is 79.9. The molecule has 4 aromatic rings. The molecule has 0 saturated carbocycles. The fourth-order valence-electron chi connectivity index (χ4n) is 6.63. The van der Waals surface area contributed by atoms with Crippen molar-refractivity contribution in [1.82, 2.24) is 4.90 Å². The molecule has 1 amide bonds. The highest BCUT2D eigenvalue weighted by Crippen LogP contribution is 2.38. The van der Waals surface area contributed by atoms with E-state index in [2.05, 4.69) is 44.3 Å². The number of carboxylic acid groups (broad SMARTS) is 1. The first-order valence-corrected chi connectivity index (χ1v) is 16.1. The number of rotatable bonds is 9. The molecule has 1 aliphatic heterocycles. The number of carbonyl (C=O) groups is 2. The number of benzene rings is 4. The zero-order valence-corrected chi connectivity index (χ0v) is 26.1. The predicted octanol–water partition coefficient (Wildman–Crippen LogP) is 7.46. The molecular weight excluding hydrogens is 614 g/mol. The van der Waals surface area contributed by atoms with Gasteiger partial charge in [-0.25, -0.2) is 4.79 Å². The summed E-state index contributed by atoms with van der Waals surface area (Å²) in [4.78, 5) is 34.0. The second-order valence-electron chi connectivity index (χ2n) is 11.6. The Morgan fingerprint density at radius 1 is 0.909 bits per heavy atom. The average molecular weight is 651 g/mol. The van der Waals surface area contributed by atoms with Crippen LogP contribution in [0.2, 0.25) is 0 Å². The van der Waals surface area contributed by atoms with Gasteiger partial charge in [-0.3, -0.25) is 14.7 Å². The molecular formula is C37H36BrN3O3. The molecule has 0 radical (unpaired) electrons. The molecule has 6 nitrogen and oxygen atoms in total. The van der Waals surface area contributed by atoms with Crippen LogP contribution in [0.15, 0.2) is 113 Å². The maximum atomic E-state index is 13.8. The molecule has 1 aliphatic carbocycles. The number of anilines is 1. The molecule has 1 fully saturated rings. The molecule has 1 saturated heterocycles. The van der Waals surface area contributed by atoms with Crippen LogP contribution in [-0.2, 0) is 22.6 Å². The lowest BCUT2D eigenvalue weighted by Crippen LogP contribution is -2.39. The van der Waals surface area contributed by atoms with E-state index >= 15 is 0 Å². The van der Waals surface area contributed by atoms with Crippen LogP contribution in [0, 0.1) is 0 Å². The summed E-state index contributed by atoms with van der Waals surface area (Å²) in [6.07, 6.45) is 4.33. The van der Waals surface area contributed by atoms with Crippen molar-refractivity contribution in [2.75, 3.05) is 11.9 Å². The SMILES string of the molecule is O=C(O)[C@@H](N=C(c1ccccc1)c1ccccc1NC(=O)[C@@H]1CCCN1Cc1ccccc1)[C@@H]1CCCc2ccc(Br)cc21. The summed E-state index contributed by atoms with van der Waals surface area (Å²) in [5.41, 5.74) is 6.09. The van der Waals surface area contributed by atoms with E-state index in [1.165, 1.54) is 11.1 Å². The van der Waals surface area contributed by atoms with Crippen LogP contribution in [-0.4, -0.2) is 46.2 Å². The van der Waals surface area contributed by atoms with Gasteiger partial charge in [0.05, 0.1) is 17.4 Å². The van der Waals surface area contributed by atoms with Gasteiger partial charge in [0.25, 0.3) is 0 Å². The van der Waals surface area contributed by atoms with Gasteiger partial charge in [0.1, 0.15) is 0 Å². The molecule has 224 valence electrons. The number of aliphatic carboxylic acids is 1. The lowest BCUT2D eigenvalue weighted by atomic mass is 9.78. The number of amides is 1. The Labute approximate surface area is 267 Å². The van der Waals surface area contributed by atoms with Crippen molar-refractivity contribution < 1.29 is 14.7 Å². The molecule has 44 heavy (non-hydrogen) atoms. The normalized spacial score (nSPS) is 19.2. The summed E-state index contributed by atoms with van der Waals surface area (Å²) in [5, 5.41) is 13.8. The highest BCUT2D eigenvalue weighted by Gasteiger charge is 2.34. The monoisotopic (exact) mass is 649 g/mol. The van der Waals surface area contributed by atoms with Gasteiger partial charge >= 0.3 is 5.97 Å². The number of nitrogens with zero attached hydrogens (tertiary/aromatic N) is 2. The number of aliphatic imine (C=N–C) groups is 1. The highest BCUT2D eigenvalue weighted by molar-refractivity contribution is 9.10. The number of halogens is 1. The number of fused-ring (bicyclic) bond motifs is 1. The minimum Gasteiger partial charge on any atom is -0.480 e. The molecule has 3 atom stereocenters. The van der Waals surface area contributed by atoms with E-state index in [1.807, 2.05) is 84.9 Å². The average Bonchev–Trinajstić information content (AvgIpc) is 3.51. The van der Waals surface area contributed by atoms with Crippen molar-refractivity contribution in [3.05, 3.63) is 135 Å². The smallest absolute Gasteiger partial charge is 0.329 e. The Hall–Kier alpha value is -4.07. The first-order chi connectivity index (χ1) is 21.5. The van der Waals surface area contributed by atoms with Crippen molar-refractivity contribution in [3.63, 3.8) is 0 Å². The lowest BCUT2D eigenvalue weighted by Gasteiger charge is -2.29. The Bertz CT molecular complexity index is 1660. The number of hydrogen-bond donors (Lipinski definition) is 2. The van der Waals surface area contributed by atoms with Crippen LogP contribution in [0.5, 0.6) is 0 Å². The number of carboxylic acids is 1.